The Kier molecular flexibility index (Phi) is 6.99. The number of H-pyrrole nitrogens is 1. The number of nitrogens with zero attached hydrogens (tertiary/aromatic N) is 6. The molecule has 0 radical (unpaired) electrons. The normalized spacial score (nSPS) is 17.3. The van der Waals surface area contributed by atoms with Gasteiger partial charge in [-0.25, -0.2) is 9.97 Å². The summed E-state index contributed by atoms with van der Waals surface area (Å²) in [6.07, 6.45) is 3.33. The number of piperazine rings is 1. The minimum Gasteiger partial charge on any atom is -0.354 e. The zero-order valence-electron chi connectivity index (χ0n) is 21.1. The number of carbonyl (C=O) groups excluding carboxylic acids is 1. The Hall–Kier alpha value is -3.72. The van der Waals surface area contributed by atoms with Crippen LogP contribution in [0.4, 0.5) is 17.5 Å². The van der Waals surface area contributed by atoms with Crippen molar-refractivity contribution >= 4 is 23.4 Å². The maximum atomic E-state index is 11.9. The van der Waals surface area contributed by atoms with Gasteiger partial charge in [-0.1, -0.05) is 30.8 Å². The minimum atomic E-state index is 0.0237. The summed E-state index contributed by atoms with van der Waals surface area (Å²) < 4.78 is 0. The number of amides is 1. The number of anilines is 3. The maximum absolute atomic E-state index is 11.9. The van der Waals surface area contributed by atoms with Crippen LogP contribution in [0, 0.1) is 6.92 Å². The van der Waals surface area contributed by atoms with E-state index in [0.717, 1.165) is 80.8 Å². The van der Waals surface area contributed by atoms with Gasteiger partial charge >= 0.3 is 0 Å². The van der Waals surface area contributed by atoms with Gasteiger partial charge in [-0.2, -0.15) is 5.10 Å². The van der Waals surface area contributed by atoms with E-state index in [9.17, 15) is 4.79 Å². The van der Waals surface area contributed by atoms with E-state index >= 15 is 0 Å². The summed E-state index contributed by atoms with van der Waals surface area (Å²) in [4.78, 5) is 28.2. The smallest absolute Gasteiger partial charge is 0.245 e. The van der Waals surface area contributed by atoms with Crippen molar-refractivity contribution < 1.29 is 4.79 Å². The molecule has 2 aromatic heterocycles. The number of piperidine rings is 1. The third-order valence-electron chi connectivity index (χ3n) is 7.12. The van der Waals surface area contributed by atoms with Gasteiger partial charge in [0.05, 0.1) is 0 Å². The number of likely N-dealkylation sites (N-methyl/N-ethyl adjacent to an activating group) is 1. The monoisotopic (exact) mass is 486 g/mol. The molecule has 36 heavy (non-hydrogen) atoms. The average Bonchev–Trinajstić information content (AvgIpc) is 3.32. The highest BCUT2D eigenvalue weighted by atomic mass is 16.2. The van der Waals surface area contributed by atoms with Crippen LogP contribution in [0.5, 0.6) is 0 Å². The first kappa shape index (κ1) is 24.0. The molecular formula is C27H34N8O. The van der Waals surface area contributed by atoms with E-state index in [0.29, 0.717) is 11.7 Å². The predicted molar refractivity (Wildman–Crippen MR) is 143 cm³/mol. The van der Waals surface area contributed by atoms with Gasteiger partial charge < -0.3 is 20.0 Å². The Morgan fingerprint density at radius 2 is 1.75 bits per heavy atom. The zero-order chi connectivity index (χ0) is 25.1. The van der Waals surface area contributed by atoms with Crippen LogP contribution in [0.15, 0.2) is 49.1 Å². The first-order valence-corrected chi connectivity index (χ1v) is 12.6. The van der Waals surface area contributed by atoms with Crippen LogP contribution in [0.3, 0.4) is 0 Å². The molecule has 3 aromatic rings. The summed E-state index contributed by atoms with van der Waals surface area (Å²) in [5.74, 6) is 3.55. The van der Waals surface area contributed by atoms with Gasteiger partial charge in [0.15, 0.2) is 11.6 Å². The lowest BCUT2D eigenvalue weighted by atomic mass is 9.89. The van der Waals surface area contributed by atoms with E-state index in [2.05, 4.69) is 63.2 Å². The first-order chi connectivity index (χ1) is 17.5. The van der Waals surface area contributed by atoms with Crippen molar-refractivity contribution in [2.45, 2.75) is 25.7 Å². The lowest BCUT2D eigenvalue weighted by Crippen LogP contribution is -2.44. The fourth-order valence-corrected chi connectivity index (χ4v) is 4.91. The van der Waals surface area contributed by atoms with E-state index in [4.69, 9.17) is 9.97 Å². The van der Waals surface area contributed by atoms with Gasteiger partial charge in [-0.3, -0.25) is 9.89 Å². The molecule has 2 aliphatic rings. The largest absolute Gasteiger partial charge is 0.354 e. The molecule has 188 valence electrons. The van der Waals surface area contributed by atoms with Gasteiger partial charge in [0.1, 0.15) is 11.6 Å². The summed E-state index contributed by atoms with van der Waals surface area (Å²) in [7, 11) is 2.15. The molecule has 2 N–H and O–H groups in total. The summed E-state index contributed by atoms with van der Waals surface area (Å²) in [6, 6.07) is 12.6. The molecule has 1 aromatic carbocycles. The topological polar surface area (TPSA) is 93.3 Å². The van der Waals surface area contributed by atoms with Gasteiger partial charge in [0.2, 0.25) is 5.91 Å². The lowest BCUT2D eigenvalue weighted by Gasteiger charge is -2.33. The first-order valence-electron chi connectivity index (χ1n) is 12.6. The number of rotatable bonds is 6. The maximum Gasteiger partial charge on any atom is 0.245 e. The number of hydrogen-bond acceptors (Lipinski definition) is 7. The van der Waals surface area contributed by atoms with E-state index in [1.54, 1.807) is 0 Å². The van der Waals surface area contributed by atoms with Crippen molar-refractivity contribution in [3.8, 4) is 11.4 Å². The molecule has 9 nitrogen and oxygen atoms in total. The number of hydrogen-bond donors (Lipinski definition) is 2. The molecule has 0 aliphatic carbocycles. The zero-order valence-corrected chi connectivity index (χ0v) is 21.1. The molecule has 5 rings (SSSR count). The standard InChI is InChI=1S/C27H34N8O/c1-4-26(36)35-11-9-21(10-12-35)20-5-7-22(8-6-20)27-29-23(28-24-17-19(2)31-32-24)18-25(30-27)34-15-13-33(3)14-16-34/h4-8,17-18,21H,1,9-16H2,2-3H3,(H2,28,29,30,31,32). The molecule has 0 atom stereocenters. The van der Waals surface area contributed by atoms with Crippen molar-refractivity contribution in [3.63, 3.8) is 0 Å². The number of carbonyl (C=O) groups is 1. The Bertz CT molecular complexity index is 1200. The molecule has 2 saturated heterocycles. The fourth-order valence-electron chi connectivity index (χ4n) is 4.91. The van der Waals surface area contributed by atoms with Crippen molar-refractivity contribution in [1.29, 1.82) is 0 Å². The van der Waals surface area contributed by atoms with Crippen molar-refractivity contribution in [2.24, 2.45) is 0 Å². The molecule has 2 fully saturated rings. The molecule has 2 aliphatic heterocycles. The molecular weight excluding hydrogens is 452 g/mol. The summed E-state index contributed by atoms with van der Waals surface area (Å²) >= 11 is 0. The second kappa shape index (κ2) is 10.5. The van der Waals surface area contributed by atoms with Crippen LogP contribution in [0.25, 0.3) is 11.4 Å². The van der Waals surface area contributed by atoms with Crippen LogP contribution >= 0.6 is 0 Å². The number of likely N-dealkylation sites (tertiary alicyclic amines) is 1. The number of benzene rings is 1. The van der Waals surface area contributed by atoms with Crippen LogP contribution < -0.4 is 10.2 Å². The summed E-state index contributed by atoms with van der Waals surface area (Å²) in [5.41, 5.74) is 3.27. The van der Waals surface area contributed by atoms with Crippen LogP contribution in [-0.2, 0) is 4.79 Å². The average molecular weight is 487 g/mol. The number of aryl methyl sites for hydroxylation is 1. The number of aromatic amines is 1. The highest BCUT2D eigenvalue weighted by Gasteiger charge is 2.23. The van der Waals surface area contributed by atoms with Gasteiger partial charge in [0, 0.05) is 62.7 Å². The molecule has 1 amide bonds. The molecule has 0 saturated carbocycles. The number of aromatic nitrogens is 4. The third kappa shape index (κ3) is 5.41. The molecule has 0 spiro atoms. The van der Waals surface area contributed by atoms with Crippen LogP contribution in [0.2, 0.25) is 0 Å². The van der Waals surface area contributed by atoms with Gasteiger partial charge in [-0.15, -0.1) is 0 Å². The fraction of sp³-hybridized carbons (Fsp3) is 0.407. The third-order valence-corrected chi connectivity index (χ3v) is 7.12. The highest BCUT2D eigenvalue weighted by molar-refractivity contribution is 5.87. The van der Waals surface area contributed by atoms with Crippen molar-refractivity contribution in [2.75, 3.05) is 56.5 Å². The van der Waals surface area contributed by atoms with E-state index in [1.165, 1.54) is 11.6 Å². The SMILES string of the molecule is C=CC(=O)N1CCC(c2ccc(-c3nc(Nc4cc(C)[nH]n4)cc(N4CCN(C)CC4)n3)cc2)CC1. The Morgan fingerprint density at radius 3 is 2.39 bits per heavy atom. The van der Waals surface area contributed by atoms with E-state index in [1.807, 2.05) is 24.0 Å². The van der Waals surface area contributed by atoms with Crippen molar-refractivity contribution in [1.82, 2.24) is 30.0 Å². The molecule has 0 unspecified atom stereocenters. The van der Waals surface area contributed by atoms with Crippen LogP contribution in [-0.4, -0.2) is 82.2 Å². The second-order valence-electron chi connectivity index (χ2n) is 9.71. The Labute approximate surface area is 212 Å². The highest BCUT2D eigenvalue weighted by Crippen LogP contribution is 2.31. The lowest BCUT2D eigenvalue weighted by molar-refractivity contribution is -0.127. The molecule has 9 heteroatoms. The van der Waals surface area contributed by atoms with Gasteiger partial charge in [0.25, 0.3) is 0 Å². The van der Waals surface area contributed by atoms with E-state index in [-0.39, 0.29) is 5.91 Å². The molecule has 4 heterocycles. The number of nitrogens with one attached hydrogen (secondary N) is 2. The predicted octanol–water partition coefficient (Wildman–Crippen LogP) is 3.56. The Balaban J connectivity index is 1.37. The van der Waals surface area contributed by atoms with E-state index < -0.39 is 0 Å². The molecule has 0 bridgehead atoms. The Morgan fingerprint density at radius 1 is 1.03 bits per heavy atom. The minimum absolute atomic E-state index is 0.0237. The van der Waals surface area contributed by atoms with Crippen molar-refractivity contribution in [3.05, 3.63) is 60.3 Å². The summed E-state index contributed by atoms with van der Waals surface area (Å²) in [5, 5.41) is 10.6. The quantitative estimate of drug-likeness (QED) is 0.515. The van der Waals surface area contributed by atoms with Gasteiger partial charge in [-0.05, 0) is 44.4 Å². The summed E-state index contributed by atoms with van der Waals surface area (Å²) in [6.45, 7) is 11.0. The van der Waals surface area contributed by atoms with Crippen LogP contribution in [0.1, 0.15) is 30.0 Å². The second-order valence-corrected chi connectivity index (χ2v) is 9.71.